The Labute approximate surface area is 116 Å². The molecule has 1 saturated heterocycles. The second kappa shape index (κ2) is 8.18. The molecular formula is C16H25NO2. The first-order chi connectivity index (χ1) is 9.38. The van der Waals surface area contributed by atoms with Crippen molar-refractivity contribution in [1.29, 1.82) is 0 Å². The lowest BCUT2D eigenvalue weighted by molar-refractivity contribution is 0.104. The first-order valence-corrected chi connectivity index (χ1v) is 7.42. The van der Waals surface area contributed by atoms with Crippen molar-refractivity contribution in [2.75, 3.05) is 19.8 Å². The van der Waals surface area contributed by atoms with Crippen molar-refractivity contribution in [2.24, 2.45) is 0 Å². The lowest BCUT2D eigenvalue weighted by atomic mass is 10.1. The zero-order chi connectivity index (χ0) is 13.3. The average molecular weight is 263 g/mol. The van der Waals surface area contributed by atoms with E-state index in [-0.39, 0.29) is 0 Å². The van der Waals surface area contributed by atoms with Crippen LogP contribution in [0.4, 0.5) is 0 Å². The Morgan fingerprint density at radius 2 is 2.37 bits per heavy atom. The molecule has 106 valence electrons. The maximum atomic E-state index is 5.64. The highest BCUT2D eigenvalue weighted by molar-refractivity contribution is 5.28. The number of ether oxygens (including phenoxy) is 2. The summed E-state index contributed by atoms with van der Waals surface area (Å²) in [5.41, 5.74) is 1.28. The van der Waals surface area contributed by atoms with E-state index in [1.165, 1.54) is 18.4 Å². The number of nitrogens with one attached hydrogen (secondary N) is 1. The molecule has 1 atom stereocenters. The molecule has 0 saturated carbocycles. The summed E-state index contributed by atoms with van der Waals surface area (Å²) >= 11 is 0. The summed E-state index contributed by atoms with van der Waals surface area (Å²) in [6.07, 6.45) is 5.09. The fourth-order valence-electron chi connectivity index (χ4n) is 2.33. The third-order valence-corrected chi connectivity index (χ3v) is 3.37. The quantitative estimate of drug-likeness (QED) is 0.731. The maximum absolute atomic E-state index is 5.64. The SMILES string of the molecule is CCCOc1cccc(CNCCC2CCCO2)c1. The topological polar surface area (TPSA) is 30.5 Å². The number of hydrogen-bond donors (Lipinski definition) is 1. The molecule has 0 bridgehead atoms. The van der Waals surface area contributed by atoms with Gasteiger partial charge in [0.15, 0.2) is 0 Å². The molecule has 1 N–H and O–H groups in total. The smallest absolute Gasteiger partial charge is 0.119 e. The highest BCUT2D eigenvalue weighted by atomic mass is 16.5. The van der Waals surface area contributed by atoms with E-state index in [1.807, 2.05) is 6.07 Å². The van der Waals surface area contributed by atoms with Crippen LogP contribution in [0.1, 0.15) is 38.2 Å². The minimum absolute atomic E-state index is 0.478. The van der Waals surface area contributed by atoms with Gasteiger partial charge < -0.3 is 14.8 Å². The molecule has 3 nitrogen and oxygen atoms in total. The van der Waals surface area contributed by atoms with Crippen molar-refractivity contribution in [2.45, 2.75) is 45.3 Å². The molecule has 0 radical (unpaired) electrons. The van der Waals surface area contributed by atoms with E-state index < -0.39 is 0 Å². The van der Waals surface area contributed by atoms with Gasteiger partial charge in [-0.2, -0.15) is 0 Å². The standard InChI is InChI=1S/C16H25NO2/c1-2-10-18-16-6-3-5-14(12-16)13-17-9-8-15-7-4-11-19-15/h3,5-6,12,15,17H,2,4,7-11,13H2,1H3. The molecular weight excluding hydrogens is 238 g/mol. The molecule has 19 heavy (non-hydrogen) atoms. The summed E-state index contributed by atoms with van der Waals surface area (Å²) in [5.74, 6) is 0.972. The molecule has 1 fully saturated rings. The Hall–Kier alpha value is -1.06. The largest absolute Gasteiger partial charge is 0.494 e. The number of hydrogen-bond acceptors (Lipinski definition) is 3. The molecule has 1 aliphatic rings. The molecule has 0 aliphatic carbocycles. The van der Waals surface area contributed by atoms with Crippen LogP contribution in [0, 0.1) is 0 Å². The first-order valence-electron chi connectivity index (χ1n) is 7.42. The summed E-state index contributed by atoms with van der Waals surface area (Å²) < 4.78 is 11.2. The van der Waals surface area contributed by atoms with Gasteiger partial charge in [0.05, 0.1) is 12.7 Å². The molecule has 3 heteroatoms. The van der Waals surface area contributed by atoms with Crippen molar-refractivity contribution in [3.63, 3.8) is 0 Å². The monoisotopic (exact) mass is 263 g/mol. The van der Waals surface area contributed by atoms with Gasteiger partial charge in [-0.05, 0) is 49.9 Å². The Kier molecular flexibility index (Phi) is 6.18. The van der Waals surface area contributed by atoms with Gasteiger partial charge >= 0.3 is 0 Å². The Balaban J connectivity index is 1.66. The average Bonchev–Trinajstić information content (AvgIpc) is 2.95. The van der Waals surface area contributed by atoms with Gasteiger partial charge in [-0.15, -0.1) is 0 Å². The minimum Gasteiger partial charge on any atom is -0.494 e. The molecule has 1 aromatic rings. The fourth-order valence-corrected chi connectivity index (χ4v) is 2.33. The third-order valence-electron chi connectivity index (χ3n) is 3.37. The lowest BCUT2D eigenvalue weighted by Crippen LogP contribution is -2.19. The van der Waals surface area contributed by atoms with Crippen LogP contribution in [0.25, 0.3) is 0 Å². The highest BCUT2D eigenvalue weighted by Crippen LogP contribution is 2.15. The van der Waals surface area contributed by atoms with Gasteiger partial charge in [0.2, 0.25) is 0 Å². The van der Waals surface area contributed by atoms with E-state index in [9.17, 15) is 0 Å². The van der Waals surface area contributed by atoms with Gasteiger partial charge in [0.25, 0.3) is 0 Å². The molecule has 0 amide bonds. The second-order valence-corrected chi connectivity index (χ2v) is 5.10. The van der Waals surface area contributed by atoms with E-state index in [0.29, 0.717) is 6.10 Å². The van der Waals surface area contributed by atoms with Gasteiger partial charge in [0.1, 0.15) is 5.75 Å². The van der Waals surface area contributed by atoms with Gasteiger partial charge in [-0.25, -0.2) is 0 Å². The zero-order valence-electron chi connectivity index (χ0n) is 11.9. The summed E-state index contributed by atoms with van der Waals surface area (Å²) in [6.45, 7) is 5.77. The molecule has 1 aliphatic heterocycles. The van der Waals surface area contributed by atoms with Crippen LogP contribution in [0.15, 0.2) is 24.3 Å². The van der Waals surface area contributed by atoms with Crippen LogP contribution in [-0.2, 0) is 11.3 Å². The fraction of sp³-hybridized carbons (Fsp3) is 0.625. The van der Waals surface area contributed by atoms with E-state index in [1.54, 1.807) is 0 Å². The lowest BCUT2D eigenvalue weighted by Gasteiger charge is -2.11. The Bertz CT molecular complexity index is 362. The van der Waals surface area contributed by atoms with Crippen LogP contribution in [-0.4, -0.2) is 25.9 Å². The van der Waals surface area contributed by atoms with Crippen LogP contribution in [0.5, 0.6) is 5.75 Å². The van der Waals surface area contributed by atoms with Crippen molar-refractivity contribution in [3.05, 3.63) is 29.8 Å². The molecule has 0 aromatic heterocycles. The summed E-state index contributed by atoms with van der Waals surface area (Å²) in [7, 11) is 0. The van der Waals surface area contributed by atoms with Crippen molar-refractivity contribution in [3.8, 4) is 5.75 Å². The predicted molar refractivity (Wildman–Crippen MR) is 77.5 cm³/mol. The Morgan fingerprint density at radius 1 is 1.42 bits per heavy atom. The molecule has 1 heterocycles. The summed E-state index contributed by atoms with van der Waals surface area (Å²) in [5, 5.41) is 3.48. The minimum atomic E-state index is 0.478. The van der Waals surface area contributed by atoms with Crippen molar-refractivity contribution in [1.82, 2.24) is 5.32 Å². The van der Waals surface area contributed by atoms with Gasteiger partial charge in [0, 0.05) is 13.2 Å². The van der Waals surface area contributed by atoms with Crippen molar-refractivity contribution < 1.29 is 9.47 Å². The van der Waals surface area contributed by atoms with Crippen molar-refractivity contribution >= 4 is 0 Å². The van der Waals surface area contributed by atoms with Crippen LogP contribution < -0.4 is 10.1 Å². The highest BCUT2D eigenvalue weighted by Gasteiger charge is 2.14. The van der Waals surface area contributed by atoms with Crippen LogP contribution >= 0.6 is 0 Å². The normalized spacial score (nSPS) is 18.7. The van der Waals surface area contributed by atoms with Crippen LogP contribution in [0.2, 0.25) is 0 Å². The summed E-state index contributed by atoms with van der Waals surface area (Å²) in [6, 6.07) is 8.33. The Morgan fingerprint density at radius 3 is 3.16 bits per heavy atom. The number of benzene rings is 1. The molecule has 0 spiro atoms. The third kappa shape index (κ3) is 5.21. The van der Waals surface area contributed by atoms with Gasteiger partial charge in [-0.3, -0.25) is 0 Å². The van der Waals surface area contributed by atoms with Crippen LogP contribution in [0.3, 0.4) is 0 Å². The van der Waals surface area contributed by atoms with Gasteiger partial charge in [-0.1, -0.05) is 19.1 Å². The van der Waals surface area contributed by atoms with E-state index in [4.69, 9.17) is 9.47 Å². The molecule has 1 aromatic carbocycles. The van der Waals surface area contributed by atoms with E-state index in [2.05, 4.69) is 30.4 Å². The maximum Gasteiger partial charge on any atom is 0.119 e. The second-order valence-electron chi connectivity index (χ2n) is 5.10. The van der Waals surface area contributed by atoms with E-state index >= 15 is 0 Å². The number of rotatable bonds is 8. The summed E-state index contributed by atoms with van der Waals surface area (Å²) in [4.78, 5) is 0. The first kappa shape index (κ1) is 14.4. The zero-order valence-corrected chi connectivity index (χ0v) is 11.9. The molecule has 2 rings (SSSR count). The molecule has 1 unspecified atom stereocenters. The predicted octanol–water partition coefficient (Wildman–Crippen LogP) is 3.13. The van der Waals surface area contributed by atoms with E-state index in [0.717, 1.165) is 44.9 Å².